The fourth-order valence-electron chi connectivity index (χ4n) is 5.56. The third-order valence-corrected chi connectivity index (χ3v) is 8.66. The van der Waals surface area contributed by atoms with Crippen LogP contribution in [0.3, 0.4) is 0 Å². The first-order valence-corrected chi connectivity index (χ1v) is 13.9. The zero-order valence-corrected chi connectivity index (χ0v) is 21.5. The molecule has 1 N–H and O–H groups in total. The van der Waals surface area contributed by atoms with Crippen LogP contribution in [0.25, 0.3) is 32.5 Å². The Morgan fingerprint density at radius 2 is 1.97 bits per heavy atom. The van der Waals surface area contributed by atoms with Crippen LogP contribution in [0.5, 0.6) is 0 Å². The van der Waals surface area contributed by atoms with Crippen molar-refractivity contribution in [1.29, 1.82) is 0 Å². The van der Waals surface area contributed by atoms with Crippen LogP contribution >= 0.6 is 11.3 Å². The van der Waals surface area contributed by atoms with E-state index in [0.29, 0.717) is 0 Å². The number of likely N-dealkylation sites (tertiary alicyclic amines) is 1. The number of hydrogen-bond donors (Lipinski definition) is 1. The number of fused-ring (bicyclic) bond motifs is 2. The van der Waals surface area contributed by atoms with Crippen LogP contribution in [0.15, 0.2) is 49.2 Å². The lowest BCUT2D eigenvalue weighted by Gasteiger charge is -2.31. The van der Waals surface area contributed by atoms with Crippen molar-refractivity contribution in [2.24, 2.45) is 5.92 Å². The molecule has 7 rings (SSSR count). The summed E-state index contributed by atoms with van der Waals surface area (Å²) >= 11 is 1.84. The monoisotopic (exact) mass is 514 g/mol. The van der Waals surface area contributed by atoms with Gasteiger partial charge in [-0.3, -0.25) is 10.00 Å². The molecule has 0 atom stereocenters. The number of H-pyrrole nitrogens is 1. The summed E-state index contributed by atoms with van der Waals surface area (Å²) in [5.41, 5.74) is 3.04. The number of anilines is 1. The van der Waals surface area contributed by atoms with Gasteiger partial charge in [0.1, 0.15) is 0 Å². The minimum atomic E-state index is 0.722. The molecular formula is C27H30N8OS. The maximum Gasteiger partial charge on any atom is 0.162 e. The van der Waals surface area contributed by atoms with Crippen molar-refractivity contribution in [2.75, 3.05) is 44.3 Å². The second kappa shape index (κ2) is 9.85. The molecule has 0 spiro atoms. The molecule has 1 aromatic carbocycles. The van der Waals surface area contributed by atoms with Gasteiger partial charge in [-0.25, -0.2) is 15.0 Å². The Kier molecular flexibility index (Phi) is 6.07. The van der Waals surface area contributed by atoms with E-state index in [1.807, 2.05) is 42.2 Å². The fourth-order valence-corrected chi connectivity index (χ4v) is 6.71. The average Bonchev–Trinajstić information content (AvgIpc) is 3.70. The number of benzene rings is 1. The summed E-state index contributed by atoms with van der Waals surface area (Å²) in [7, 11) is 0. The van der Waals surface area contributed by atoms with Gasteiger partial charge < -0.3 is 14.2 Å². The van der Waals surface area contributed by atoms with Crippen LogP contribution in [0, 0.1) is 5.92 Å². The average molecular weight is 515 g/mol. The lowest BCUT2D eigenvalue weighted by Crippen LogP contribution is -2.36. The molecule has 2 aliphatic heterocycles. The second-order valence-electron chi connectivity index (χ2n) is 10.0. The van der Waals surface area contributed by atoms with Crippen LogP contribution in [0.1, 0.15) is 17.7 Å². The summed E-state index contributed by atoms with van der Waals surface area (Å²) in [4.78, 5) is 20.7. The van der Waals surface area contributed by atoms with Crippen molar-refractivity contribution in [2.45, 2.75) is 25.9 Å². The molecule has 0 radical (unpaired) electrons. The van der Waals surface area contributed by atoms with Crippen molar-refractivity contribution in [3.8, 4) is 11.4 Å². The molecule has 5 aromatic rings. The number of nitrogens with zero attached hydrogens (tertiary/aromatic N) is 7. The van der Waals surface area contributed by atoms with E-state index < -0.39 is 0 Å². The van der Waals surface area contributed by atoms with E-state index in [9.17, 15) is 0 Å². The Bertz CT molecular complexity index is 1500. The van der Waals surface area contributed by atoms with Gasteiger partial charge in [0.2, 0.25) is 0 Å². The van der Waals surface area contributed by atoms with Gasteiger partial charge in [-0.2, -0.15) is 5.10 Å². The molecule has 0 aliphatic carbocycles. The molecule has 0 bridgehead atoms. The highest BCUT2D eigenvalue weighted by Gasteiger charge is 2.23. The van der Waals surface area contributed by atoms with E-state index in [4.69, 9.17) is 14.7 Å². The van der Waals surface area contributed by atoms with Gasteiger partial charge in [-0.15, -0.1) is 11.3 Å². The van der Waals surface area contributed by atoms with E-state index in [2.05, 4.69) is 47.9 Å². The van der Waals surface area contributed by atoms with Crippen molar-refractivity contribution < 1.29 is 4.74 Å². The Morgan fingerprint density at radius 3 is 2.81 bits per heavy atom. The summed E-state index contributed by atoms with van der Waals surface area (Å²) < 4.78 is 9.02. The first-order chi connectivity index (χ1) is 18.3. The fraction of sp³-hybridized carbons (Fsp3) is 0.407. The summed E-state index contributed by atoms with van der Waals surface area (Å²) in [6.45, 7) is 7.44. The van der Waals surface area contributed by atoms with Gasteiger partial charge >= 0.3 is 0 Å². The highest BCUT2D eigenvalue weighted by Crippen LogP contribution is 2.36. The Labute approximate surface area is 219 Å². The number of aromatic nitrogens is 6. The van der Waals surface area contributed by atoms with Crippen molar-refractivity contribution >= 4 is 38.3 Å². The van der Waals surface area contributed by atoms with E-state index in [1.165, 1.54) is 22.4 Å². The second-order valence-corrected chi connectivity index (χ2v) is 11.1. The number of aromatic amines is 1. The molecule has 2 aliphatic rings. The van der Waals surface area contributed by atoms with Gasteiger partial charge in [-0.05, 0) is 44.0 Å². The number of morpholine rings is 1. The molecule has 0 saturated carbocycles. The van der Waals surface area contributed by atoms with Gasteiger partial charge in [0.25, 0.3) is 0 Å². The normalized spacial score (nSPS) is 17.8. The first kappa shape index (κ1) is 22.8. The number of thiophene rings is 1. The lowest BCUT2D eigenvalue weighted by molar-refractivity contribution is 0.122. The minimum Gasteiger partial charge on any atom is -0.378 e. The molecule has 2 saturated heterocycles. The molecule has 37 heavy (non-hydrogen) atoms. The highest BCUT2D eigenvalue weighted by molar-refractivity contribution is 7.19. The van der Waals surface area contributed by atoms with Gasteiger partial charge in [0, 0.05) is 54.4 Å². The molecule has 6 heterocycles. The molecule has 190 valence electrons. The van der Waals surface area contributed by atoms with Crippen molar-refractivity contribution in [3.05, 3.63) is 54.1 Å². The Balaban J connectivity index is 1.17. The van der Waals surface area contributed by atoms with Crippen LogP contribution < -0.4 is 4.90 Å². The quantitative estimate of drug-likeness (QED) is 0.364. The van der Waals surface area contributed by atoms with Crippen LogP contribution in [0.4, 0.5) is 5.82 Å². The SMILES string of the molecule is c1cc(-c2nc(N3CCOCC3)c3sc(CN4CCC(Cn5ccnc5)CC4)cc3n2)c2cn[nH]c2c1. The van der Waals surface area contributed by atoms with Crippen LogP contribution in [-0.4, -0.2) is 74.0 Å². The standard InChI is InChI=1S/C27H30N8OS/c1-2-21(22-15-29-32-23(22)3-1)26-30-24-14-20(37-25(24)27(31-26)35-10-12-36-13-11-35)17-33-7-4-19(5-8-33)16-34-9-6-28-18-34/h1-3,6,9,14-15,18-19H,4-5,7-8,10-13,16-17H2,(H,29,32). The maximum absolute atomic E-state index is 5.64. The topological polar surface area (TPSA) is 88.0 Å². The smallest absolute Gasteiger partial charge is 0.162 e. The summed E-state index contributed by atoms with van der Waals surface area (Å²) in [6.07, 6.45) is 10.2. The summed E-state index contributed by atoms with van der Waals surface area (Å²) in [5, 5.41) is 8.36. The number of rotatable bonds is 6. The van der Waals surface area contributed by atoms with E-state index in [-0.39, 0.29) is 0 Å². The van der Waals surface area contributed by atoms with Crippen LogP contribution in [0.2, 0.25) is 0 Å². The number of hydrogen-bond acceptors (Lipinski definition) is 8. The van der Waals surface area contributed by atoms with Gasteiger partial charge in [0.15, 0.2) is 11.6 Å². The molecular weight excluding hydrogens is 484 g/mol. The third kappa shape index (κ3) is 4.60. The molecule has 9 nitrogen and oxygen atoms in total. The minimum absolute atomic E-state index is 0.722. The van der Waals surface area contributed by atoms with Crippen molar-refractivity contribution in [1.82, 2.24) is 34.6 Å². The molecule has 2 fully saturated rings. The predicted molar refractivity (Wildman–Crippen MR) is 146 cm³/mol. The lowest BCUT2D eigenvalue weighted by atomic mass is 9.97. The van der Waals surface area contributed by atoms with E-state index in [1.54, 1.807) is 0 Å². The number of nitrogens with one attached hydrogen (secondary N) is 1. The molecule has 10 heteroatoms. The Morgan fingerprint density at radius 1 is 1.08 bits per heavy atom. The number of ether oxygens (including phenoxy) is 1. The predicted octanol–water partition coefficient (Wildman–Crippen LogP) is 4.18. The number of piperidine rings is 1. The van der Waals surface area contributed by atoms with Gasteiger partial charge in [0.05, 0.1) is 41.5 Å². The molecule has 4 aromatic heterocycles. The summed E-state index contributed by atoms with van der Waals surface area (Å²) in [6, 6.07) is 8.44. The first-order valence-electron chi connectivity index (χ1n) is 13.0. The zero-order valence-electron chi connectivity index (χ0n) is 20.7. The third-order valence-electron chi connectivity index (χ3n) is 7.56. The van der Waals surface area contributed by atoms with Crippen LogP contribution in [-0.2, 0) is 17.8 Å². The molecule has 0 unspecified atom stereocenters. The van der Waals surface area contributed by atoms with Gasteiger partial charge in [-0.1, -0.05) is 12.1 Å². The van der Waals surface area contributed by atoms with Crippen molar-refractivity contribution in [3.63, 3.8) is 0 Å². The largest absolute Gasteiger partial charge is 0.378 e. The van der Waals surface area contributed by atoms with E-state index in [0.717, 1.165) is 92.0 Å². The number of imidazole rings is 1. The van der Waals surface area contributed by atoms with E-state index >= 15 is 0 Å². The maximum atomic E-state index is 5.64. The zero-order chi connectivity index (χ0) is 24.6. The summed E-state index contributed by atoms with van der Waals surface area (Å²) in [5.74, 6) is 2.50. The molecule has 0 amide bonds. The highest BCUT2D eigenvalue weighted by atomic mass is 32.1. The Hall–Kier alpha value is -3.34.